The van der Waals surface area contributed by atoms with Crippen LogP contribution < -0.4 is 5.32 Å². The fourth-order valence-corrected chi connectivity index (χ4v) is 3.19. The highest BCUT2D eigenvalue weighted by atomic mass is 79.9. The van der Waals surface area contributed by atoms with E-state index in [1.165, 1.54) is 10.9 Å². The number of hydrogen-bond donors (Lipinski definition) is 2. The molecule has 3 rings (SSSR count). The molecule has 1 aliphatic rings. The smallest absolute Gasteiger partial charge is 0.317 e. The molecule has 2 amide bonds. The predicted octanol–water partition coefficient (Wildman–Crippen LogP) is 2.42. The van der Waals surface area contributed by atoms with E-state index in [1.54, 1.807) is 30.1 Å². The molecule has 0 saturated carbocycles. The summed E-state index contributed by atoms with van der Waals surface area (Å²) in [5, 5.41) is 16.7. The van der Waals surface area contributed by atoms with Gasteiger partial charge in [0.2, 0.25) is 5.88 Å². The van der Waals surface area contributed by atoms with Crippen molar-refractivity contribution in [2.75, 3.05) is 13.1 Å². The van der Waals surface area contributed by atoms with Crippen LogP contribution in [0.25, 0.3) is 0 Å². The maximum atomic E-state index is 12.6. The zero-order chi connectivity index (χ0) is 18.0. The summed E-state index contributed by atoms with van der Waals surface area (Å²) < 4.78 is 2.05. The molecule has 2 aromatic rings. The van der Waals surface area contributed by atoms with Crippen molar-refractivity contribution in [1.29, 1.82) is 0 Å². The molecular formula is C17H19BrN4O3. The maximum Gasteiger partial charge on any atom is 0.317 e. The van der Waals surface area contributed by atoms with Gasteiger partial charge in [-0.05, 0) is 36.6 Å². The van der Waals surface area contributed by atoms with Crippen molar-refractivity contribution in [3.05, 3.63) is 45.6 Å². The first-order chi connectivity index (χ1) is 12.0. The zero-order valence-electron chi connectivity index (χ0n) is 13.8. The molecule has 0 unspecified atom stereocenters. The molecule has 1 aromatic carbocycles. The minimum absolute atomic E-state index is 0.0916. The number of nitrogens with zero attached hydrogens (tertiary/aromatic N) is 3. The summed E-state index contributed by atoms with van der Waals surface area (Å²) in [5.41, 5.74) is 1.37. The second-order valence-electron chi connectivity index (χ2n) is 5.99. The number of rotatable bonds is 4. The summed E-state index contributed by atoms with van der Waals surface area (Å²) in [6.07, 6.45) is 3.42. The van der Waals surface area contributed by atoms with Gasteiger partial charge in [0.1, 0.15) is 5.56 Å². The third kappa shape index (κ3) is 3.68. The molecule has 1 aromatic heterocycles. The Balaban J connectivity index is 1.75. The van der Waals surface area contributed by atoms with Crippen LogP contribution in [-0.2, 0) is 13.6 Å². The number of hydrogen-bond acceptors (Lipinski definition) is 4. The van der Waals surface area contributed by atoms with Gasteiger partial charge in [-0.1, -0.05) is 15.9 Å². The largest absolute Gasteiger partial charge is 0.493 e. The zero-order valence-corrected chi connectivity index (χ0v) is 15.4. The summed E-state index contributed by atoms with van der Waals surface area (Å²) in [6, 6.07) is 5.05. The summed E-state index contributed by atoms with van der Waals surface area (Å²) in [6.45, 7) is 1.88. The maximum absolute atomic E-state index is 12.6. The minimum Gasteiger partial charge on any atom is -0.493 e. The van der Waals surface area contributed by atoms with Gasteiger partial charge in [-0.25, -0.2) is 9.48 Å². The van der Waals surface area contributed by atoms with Crippen molar-refractivity contribution < 1.29 is 14.7 Å². The number of halogens is 1. The lowest BCUT2D eigenvalue weighted by Gasteiger charge is -2.16. The van der Waals surface area contributed by atoms with Gasteiger partial charge < -0.3 is 15.3 Å². The van der Waals surface area contributed by atoms with Crippen LogP contribution in [0.3, 0.4) is 0 Å². The van der Waals surface area contributed by atoms with E-state index in [1.807, 2.05) is 0 Å². The van der Waals surface area contributed by atoms with Crippen LogP contribution in [-0.4, -0.2) is 44.7 Å². The molecule has 0 atom stereocenters. The molecule has 0 aliphatic carbocycles. The first-order valence-electron chi connectivity index (χ1n) is 8.04. The van der Waals surface area contributed by atoms with Gasteiger partial charge in [-0.3, -0.25) is 4.79 Å². The Morgan fingerprint density at radius 1 is 1.32 bits per heavy atom. The van der Waals surface area contributed by atoms with E-state index >= 15 is 0 Å². The molecule has 1 saturated heterocycles. The van der Waals surface area contributed by atoms with Crippen molar-refractivity contribution in [1.82, 2.24) is 20.0 Å². The van der Waals surface area contributed by atoms with Gasteiger partial charge in [-0.2, -0.15) is 5.10 Å². The SMILES string of the molecule is Cn1ncc(C(=O)c2ccc(Br)c(CNC(=O)N3CCCC3)c2)c1O. The topological polar surface area (TPSA) is 87.5 Å². The van der Waals surface area contributed by atoms with E-state index in [9.17, 15) is 14.7 Å². The van der Waals surface area contributed by atoms with Crippen LogP contribution in [0.4, 0.5) is 4.79 Å². The lowest BCUT2D eigenvalue weighted by molar-refractivity contribution is 0.103. The normalized spacial score (nSPS) is 13.9. The van der Waals surface area contributed by atoms with E-state index in [0.29, 0.717) is 12.1 Å². The fraction of sp³-hybridized carbons (Fsp3) is 0.353. The summed E-state index contributed by atoms with van der Waals surface area (Å²) >= 11 is 3.45. The molecule has 25 heavy (non-hydrogen) atoms. The molecule has 1 aliphatic heterocycles. The molecule has 132 valence electrons. The Labute approximate surface area is 153 Å². The monoisotopic (exact) mass is 406 g/mol. The molecule has 2 N–H and O–H groups in total. The van der Waals surface area contributed by atoms with E-state index < -0.39 is 0 Å². The number of carbonyl (C=O) groups excluding carboxylic acids is 2. The van der Waals surface area contributed by atoms with E-state index in [0.717, 1.165) is 36.0 Å². The van der Waals surface area contributed by atoms with Crippen LogP contribution in [0.5, 0.6) is 5.88 Å². The highest BCUT2D eigenvalue weighted by molar-refractivity contribution is 9.10. The quantitative estimate of drug-likeness (QED) is 0.763. The number of nitrogens with one attached hydrogen (secondary N) is 1. The number of likely N-dealkylation sites (tertiary alicyclic amines) is 1. The number of carbonyl (C=O) groups is 2. The summed E-state index contributed by atoms with van der Waals surface area (Å²) in [7, 11) is 1.56. The number of aromatic hydroxyl groups is 1. The van der Waals surface area contributed by atoms with Gasteiger partial charge in [0.25, 0.3) is 0 Å². The third-order valence-electron chi connectivity index (χ3n) is 4.28. The molecule has 0 spiro atoms. The van der Waals surface area contributed by atoms with Gasteiger partial charge in [0, 0.05) is 36.7 Å². The van der Waals surface area contributed by atoms with Gasteiger partial charge in [0.15, 0.2) is 5.78 Å². The van der Waals surface area contributed by atoms with Gasteiger partial charge in [-0.15, -0.1) is 0 Å². The first kappa shape index (κ1) is 17.5. The Morgan fingerprint density at radius 2 is 2.04 bits per heavy atom. The van der Waals surface area contributed by atoms with Crippen LogP contribution in [0.2, 0.25) is 0 Å². The van der Waals surface area contributed by atoms with E-state index in [4.69, 9.17) is 0 Å². The minimum atomic E-state index is -0.315. The van der Waals surface area contributed by atoms with Crippen molar-refractivity contribution in [2.24, 2.45) is 7.05 Å². The summed E-state index contributed by atoms with van der Waals surface area (Å²) in [5.74, 6) is -0.484. The van der Waals surface area contributed by atoms with Crippen LogP contribution in [0.15, 0.2) is 28.9 Å². The number of aryl methyl sites for hydroxylation is 1. The Kier molecular flexibility index (Phi) is 5.08. The van der Waals surface area contributed by atoms with Crippen molar-refractivity contribution in [2.45, 2.75) is 19.4 Å². The molecule has 0 radical (unpaired) electrons. The third-order valence-corrected chi connectivity index (χ3v) is 5.06. The van der Waals surface area contributed by atoms with Crippen molar-refractivity contribution in [3.8, 4) is 5.88 Å². The number of ketones is 1. The average Bonchev–Trinajstić information content (AvgIpc) is 3.25. The lowest BCUT2D eigenvalue weighted by atomic mass is 10.0. The molecule has 8 heteroatoms. The molecule has 1 fully saturated rings. The fourth-order valence-electron chi connectivity index (χ4n) is 2.80. The number of benzene rings is 1. The molecule has 2 heterocycles. The molecular weight excluding hydrogens is 388 g/mol. The standard InChI is InChI=1S/C17H19BrN4O3/c1-21-16(24)13(10-20-21)15(23)11-4-5-14(18)12(8-11)9-19-17(25)22-6-2-3-7-22/h4-5,8,10,24H,2-3,6-7,9H2,1H3,(H,19,25). The highest BCUT2D eigenvalue weighted by Gasteiger charge is 2.20. The van der Waals surface area contributed by atoms with Crippen molar-refractivity contribution >= 4 is 27.7 Å². The second kappa shape index (κ2) is 7.26. The lowest BCUT2D eigenvalue weighted by Crippen LogP contribution is -2.37. The highest BCUT2D eigenvalue weighted by Crippen LogP contribution is 2.23. The first-order valence-corrected chi connectivity index (χ1v) is 8.83. The van der Waals surface area contributed by atoms with Crippen LogP contribution in [0.1, 0.15) is 34.3 Å². The van der Waals surface area contributed by atoms with Gasteiger partial charge >= 0.3 is 6.03 Å². The molecule has 7 nitrogen and oxygen atoms in total. The van der Waals surface area contributed by atoms with Crippen LogP contribution >= 0.6 is 15.9 Å². The summed E-state index contributed by atoms with van der Waals surface area (Å²) in [4.78, 5) is 26.5. The number of amides is 2. The Morgan fingerprint density at radius 3 is 2.68 bits per heavy atom. The predicted molar refractivity (Wildman–Crippen MR) is 95.5 cm³/mol. The average molecular weight is 407 g/mol. The Bertz CT molecular complexity index is 812. The molecule has 0 bridgehead atoms. The van der Waals surface area contributed by atoms with Gasteiger partial charge in [0.05, 0.1) is 6.20 Å². The second-order valence-corrected chi connectivity index (χ2v) is 6.85. The number of aromatic nitrogens is 2. The van der Waals surface area contributed by atoms with E-state index in [2.05, 4.69) is 26.3 Å². The van der Waals surface area contributed by atoms with Crippen molar-refractivity contribution in [3.63, 3.8) is 0 Å². The van der Waals surface area contributed by atoms with Crippen LogP contribution in [0, 0.1) is 0 Å². The Hall–Kier alpha value is -2.35. The van der Waals surface area contributed by atoms with E-state index in [-0.39, 0.29) is 23.3 Å². The number of urea groups is 1.